The van der Waals surface area contributed by atoms with Gasteiger partial charge in [0.1, 0.15) is 29.9 Å². The zero-order valence-corrected chi connectivity index (χ0v) is 16.3. The molecule has 1 aliphatic rings. The Bertz CT molecular complexity index is 759. The molecule has 4 N–H and O–H groups in total. The lowest BCUT2D eigenvalue weighted by Crippen LogP contribution is -2.61. The van der Waals surface area contributed by atoms with Crippen molar-refractivity contribution in [2.45, 2.75) is 50.4 Å². The van der Waals surface area contributed by atoms with Crippen LogP contribution in [0.5, 0.6) is 0 Å². The summed E-state index contributed by atoms with van der Waals surface area (Å²) in [4.78, 5) is 27.9. The molecule has 0 aliphatic heterocycles. The minimum Gasteiger partial charge on any atom is -0.445 e. The topological polar surface area (TPSA) is 123 Å². The molecule has 0 heterocycles. The van der Waals surface area contributed by atoms with E-state index in [0.29, 0.717) is 6.29 Å². The fourth-order valence-corrected chi connectivity index (χ4v) is 3.02. The van der Waals surface area contributed by atoms with E-state index in [9.17, 15) is 19.1 Å². The first-order valence-electron chi connectivity index (χ1n) is 9.24. The largest absolute Gasteiger partial charge is 0.445 e. The Labute approximate surface area is 168 Å². The number of aliphatic hydroxyl groups excluding tert-OH is 1. The molecule has 1 aromatic rings. The van der Waals surface area contributed by atoms with Gasteiger partial charge in [-0.1, -0.05) is 35.5 Å². The van der Waals surface area contributed by atoms with E-state index in [2.05, 4.69) is 10.5 Å². The van der Waals surface area contributed by atoms with Gasteiger partial charge in [0, 0.05) is 6.08 Å². The molecule has 29 heavy (non-hydrogen) atoms. The van der Waals surface area contributed by atoms with Crippen molar-refractivity contribution >= 4 is 18.2 Å². The standard InChI is InChI=1S/C20H26FN3O5/c1-15(7-12-25)29-24-17(22)20(10-8-19(21,14-26)9-11-20)23-18(27)28-13-16-5-3-2-4-6-16/h2-7,12,26H,8-11,13-14H2,1H3,(H2,22,24)(H,23,27). The lowest BCUT2D eigenvalue weighted by molar-refractivity contribution is -0.104. The van der Waals surface area contributed by atoms with Gasteiger partial charge in [-0.25, -0.2) is 9.18 Å². The van der Waals surface area contributed by atoms with Crippen LogP contribution in [0.25, 0.3) is 0 Å². The lowest BCUT2D eigenvalue weighted by atomic mass is 9.74. The first-order valence-corrected chi connectivity index (χ1v) is 9.24. The maximum atomic E-state index is 14.5. The number of amidine groups is 1. The van der Waals surface area contributed by atoms with Gasteiger partial charge in [0.15, 0.2) is 5.84 Å². The number of halogens is 1. The maximum absolute atomic E-state index is 14.5. The highest BCUT2D eigenvalue weighted by molar-refractivity contribution is 5.93. The smallest absolute Gasteiger partial charge is 0.408 e. The molecule has 158 valence electrons. The number of benzene rings is 1. The predicted molar refractivity (Wildman–Crippen MR) is 104 cm³/mol. The summed E-state index contributed by atoms with van der Waals surface area (Å²) >= 11 is 0. The molecule has 0 spiro atoms. The van der Waals surface area contributed by atoms with Gasteiger partial charge in [0.05, 0.1) is 6.61 Å². The molecule has 0 saturated heterocycles. The molecule has 8 nitrogen and oxygen atoms in total. The van der Waals surface area contributed by atoms with Gasteiger partial charge >= 0.3 is 6.09 Å². The molecule has 9 heteroatoms. The van der Waals surface area contributed by atoms with Crippen molar-refractivity contribution in [2.75, 3.05) is 6.61 Å². The predicted octanol–water partition coefficient (Wildman–Crippen LogP) is 2.32. The number of carbonyl (C=O) groups excluding carboxylic acids is 2. The number of ether oxygens (including phenoxy) is 1. The minimum absolute atomic E-state index is 0.0259. The van der Waals surface area contributed by atoms with Crippen LogP contribution in [0.4, 0.5) is 9.18 Å². The highest BCUT2D eigenvalue weighted by Gasteiger charge is 2.47. The molecule has 0 unspecified atom stereocenters. The normalized spacial score (nSPS) is 25.2. The second-order valence-electron chi connectivity index (χ2n) is 7.06. The number of aldehydes is 1. The molecular formula is C20H26FN3O5. The molecule has 1 aromatic carbocycles. The molecule has 0 bridgehead atoms. The molecule has 0 aromatic heterocycles. The molecule has 1 saturated carbocycles. The summed E-state index contributed by atoms with van der Waals surface area (Å²) in [6, 6.07) is 9.13. The van der Waals surface area contributed by atoms with Crippen molar-refractivity contribution in [1.29, 1.82) is 0 Å². The van der Waals surface area contributed by atoms with E-state index in [0.717, 1.165) is 11.6 Å². The quantitative estimate of drug-likeness (QED) is 0.152. The fraction of sp³-hybridized carbons (Fsp3) is 0.450. The third-order valence-electron chi connectivity index (χ3n) is 4.92. The van der Waals surface area contributed by atoms with Crippen molar-refractivity contribution in [3.05, 3.63) is 47.7 Å². The average Bonchev–Trinajstić information content (AvgIpc) is 2.73. The monoisotopic (exact) mass is 407 g/mol. The molecule has 1 aliphatic carbocycles. The number of alkyl halides is 1. The Kier molecular flexibility index (Phi) is 7.72. The van der Waals surface area contributed by atoms with Gasteiger partial charge in [-0.3, -0.25) is 4.79 Å². The van der Waals surface area contributed by atoms with Crippen LogP contribution >= 0.6 is 0 Å². The van der Waals surface area contributed by atoms with Crippen LogP contribution in [0, 0.1) is 0 Å². The Morgan fingerprint density at radius 2 is 1.97 bits per heavy atom. The summed E-state index contributed by atoms with van der Waals surface area (Å²) in [5.74, 6) is 0.128. The van der Waals surface area contributed by atoms with E-state index in [-0.39, 0.29) is 43.9 Å². The van der Waals surface area contributed by atoms with Gasteiger partial charge in [0.2, 0.25) is 0 Å². The van der Waals surface area contributed by atoms with Crippen LogP contribution in [-0.4, -0.2) is 41.1 Å². The van der Waals surface area contributed by atoms with E-state index in [1.807, 2.05) is 30.3 Å². The Morgan fingerprint density at radius 3 is 2.55 bits per heavy atom. The number of oxime groups is 1. The van der Waals surface area contributed by atoms with Gasteiger partial charge in [-0.05, 0) is 38.2 Å². The maximum Gasteiger partial charge on any atom is 0.408 e. The van der Waals surface area contributed by atoms with Gasteiger partial charge in [0.25, 0.3) is 0 Å². The van der Waals surface area contributed by atoms with E-state index < -0.39 is 23.9 Å². The van der Waals surface area contributed by atoms with Crippen molar-refractivity contribution < 1.29 is 28.7 Å². The highest BCUT2D eigenvalue weighted by atomic mass is 19.1. The summed E-state index contributed by atoms with van der Waals surface area (Å²) in [6.45, 7) is 0.954. The van der Waals surface area contributed by atoms with Crippen LogP contribution in [0.3, 0.4) is 0 Å². The van der Waals surface area contributed by atoms with Crippen molar-refractivity contribution in [1.82, 2.24) is 5.32 Å². The van der Waals surface area contributed by atoms with E-state index in [4.69, 9.17) is 15.3 Å². The third kappa shape index (κ3) is 6.28. The molecule has 2 rings (SSSR count). The van der Waals surface area contributed by atoms with Crippen molar-refractivity contribution in [3.63, 3.8) is 0 Å². The Balaban J connectivity index is 2.12. The Hall–Kier alpha value is -2.94. The summed E-state index contributed by atoms with van der Waals surface area (Å²) in [5, 5.41) is 15.8. The third-order valence-corrected chi connectivity index (χ3v) is 4.92. The zero-order valence-electron chi connectivity index (χ0n) is 16.3. The first-order chi connectivity index (χ1) is 13.8. The number of nitrogens with two attached hydrogens (primary N) is 1. The number of alkyl carbamates (subject to hydrolysis) is 1. The molecule has 0 radical (unpaired) electrons. The number of amides is 1. The molecule has 1 fully saturated rings. The second kappa shape index (κ2) is 10.0. The van der Waals surface area contributed by atoms with Crippen LogP contribution in [-0.2, 0) is 21.0 Å². The number of nitrogens with zero attached hydrogens (tertiary/aromatic N) is 1. The number of allylic oxidation sites excluding steroid dienone is 2. The van der Waals surface area contributed by atoms with Crippen LogP contribution in [0.2, 0.25) is 0 Å². The van der Waals surface area contributed by atoms with Gasteiger partial charge in [-0.15, -0.1) is 0 Å². The SMILES string of the molecule is CC(=CC=O)ON=C(N)C1(NC(=O)OCc2ccccc2)CCC(F)(CO)CC1. The number of nitrogens with one attached hydrogen (secondary N) is 1. The van der Waals surface area contributed by atoms with E-state index in [1.54, 1.807) is 0 Å². The van der Waals surface area contributed by atoms with Crippen molar-refractivity contribution in [2.24, 2.45) is 10.9 Å². The number of aliphatic hydroxyl groups is 1. The number of hydrogen-bond acceptors (Lipinski definition) is 6. The summed E-state index contributed by atoms with van der Waals surface area (Å²) in [5.41, 5.74) is 3.94. The molecule has 0 atom stereocenters. The lowest BCUT2D eigenvalue weighted by Gasteiger charge is -2.41. The summed E-state index contributed by atoms with van der Waals surface area (Å²) < 4.78 is 19.7. The fourth-order valence-electron chi connectivity index (χ4n) is 3.02. The van der Waals surface area contributed by atoms with E-state index >= 15 is 0 Å². The van der Waals surface area contributed by atoms with Crippen LogP contribution in [0.15, 0.2) is 47.3 Å². The zero-order chi connectivity index (χ0) is 21.3. The van der Waals surface area contributed by atoms with Gasteiger partial charge in [-0.2, -0.15) is 0 Å². The minimum atomic E-state index is -1.74. The Morgan fingerprint density at radius 1 is 1.31 bits per heavy atom. The average molecular weight is 407 g/mol. The van der Waals surface area contributed by atoms with Crippen molar-refractivity contribution in [3.8, 4) is 0 Å². The number of rotatable bonds is 8. The number of hydrogen-bond donors (Lipinski definition) is 3. The summed E-state index contributed by atoms with van der Waals surface area (Å²) in [6.07, 6.45) is 1.10. The molecule has 1 amide bonds. The molecular weight excluding hydrogens is 381 g/mol. The first kappa shape index (κ1) is 22.4. The van der Waals surface area contributed by atoms with E-state index in [1.165, 1.54) is 6.92 Å². The van der Waals surface area contributed by atoms with Crippen LogP contribution < -0.4 is 11.1 Å². The number of carbonyl (C=O) groups is 2. The van der Waals surface area contributed by atoms with Crippen LogP contribution in [0.1, 0.15) is 38.2 Å². The summed E-state index contributed by atoms with van der Waals surface area (Å²) in [7, 11) is 0. The highest BCUT2D eigenvalue weighted by Crippen LogP contribution is 2.37. The van der Waals surface area contributed by atoms with Gasteiger partial charge < -0.3 is 25.7 Å². The second-order valence-corrected chi connectivity index (χ2v) is 7.06.